The zero-order valence-electron chi connectivity index (χ0n) is 13.6. The van der Waals surface area contributed by atoms with Crippen LogP contribution in [0.15, 0.2) is 30.3 Å². The minimum absolute atomic E-state index is 0.0814. The van der Waals surface area contributed by atoms with Gasteiger partial charge in [-0.05, 0) is 32.5 Å². The number of hydrogen-bond donors (Lipinski definition) is 1. The lowest BCUT2D eigenvalue weighted by Crippen LogP contribution is -2.41. The highest BCUT2D eigenvalue weighted by molar-refractivity contribution is 5.83. The predicted octanol–water partition coefficient (Wildman–Crippen LogP) is 1.39. The summed E-state index contributed by atoms with van der Waals surface area (Å²) in [6, 6.07) is 9.65. The maximum absolute atomic E-state index is 12.5. The van der Waals surface area contributed by atoms with E-state index in [-0.39, 0.29) is 24.1 Å². The molecule has 2 amide bonds. The van der Waals surface area contributed by atoms with Crippen LogP contribution in [0.3, 0.4) is 0 Å². The third-order valence-electron chi connectivity index (χ3n) is 4.27. The molecule has 6 nitrogen and oxygen atoms in total. The number of nitrogens with zero attached hydrogens (tertiary/aromatic N) is 2. The Labute approximate surface area is 136 Å². The van der Waals surface area contributed by atoms with Crippen molar-refractivity contribution in [1.29, 1.82) is 0 Å². The van der Waals surface area contributed by atoms with Crippen LogP contribution in [-0.4, -0.2) is 61.1 Å². The Balaban J connectivity index is 1.56. The first kappa shape index (κ1) is 15.8. The van der Waals surface area contributed by atoms with Crippen molar-refractivity contribution in [3.63, 3.8) is 0 Å². The van der Waals surface area contributed by atoms with Crippen LogP contribution >= 0.6 is 0 Å². The fourth-order valence-electron chi connectivity index (χ4n) is 2.96. The maximum atomic E-state index is 12.5. The number of ether oxygens (including phenoxy) is 1. The van der Waals surface area contributed by atoms with E-state index in [4.69, 9.17) is 4.74 Å². The molecule has 6 heteroatoms. The van der Waals surface area contributed by atoms with Crippen LogP contribution in [0.4, 0.5) is 4.79 Å². The van der Waals surface area contributed by atoms with Gasteiger partial charge in [0.1, 0.15) is 12.1 Å². The molecule has 2 fully saturated rings. The molecule has 1 aliphatic carbocycles. The lowest BCUT2D eigenvalue weighted by atomic mass is 10.1. The van der Waals surface area contributed by atoms with Crippen molar-refractivity contribution in [1.82, 2.24) is 15.1 Å². The molecule has 0 spiro atoms. The van der Waals surface area contributed by atoms with E-state index in [0.717, 1.165) is 18.4 Å². The van der Waals surface area contributed by atoms with Crippen molar-refractivity contribution < 1.29 is 14.3 Å². The van der Waals surface area contributed by atoms with Gasteiger partial charge in [-0.15, -0.1) is 0 Å². The summed E-state index contributed by atoms with van der Waals surface area (Å²) in [5, 5.41) is 2.92. The highest BCUT2D eigenvalue weighted by Crippen LogP contribution is 2.30. The van der Waals surface area contributed by atoms with Gasteiger partial charge in [-0.25, -0.2) is 4.79 Å². The van der Waals surface area contributed by atoms with E-state index < -0.39 is 0 Å². The molecule has 1 N–H and O–H groups in total. The van der Waals surface area contributed by atoms with Gasteiger partial charge < -0.3 is 15.0 Å². The van der Waals surface area contributed by atoms with Gasteiger partial charge in [0.05, 0.1) is 13.1 Å². The van der Waals surface area contributed by atoms with Gasteiger partial charge in [0, 0.05) is 6.04 Å². The number of likely N-dealkylation sites (N-methyl/N-ethyl adjacent to an activating group) is 1. The first-order valence-electron chi connectivity index (χ1n) is 8.02. The Morgan fingerprint density at radius 2 is 2.04 bits per heavy atom. The molecular formula is C17H23N3O3. The van der Waals surface area contributed by atoms with Gasteiger partial charge in [-0.1, -0.05) is 30.3 Å². The molecule has 1 saturated carbocycles. The molecule has 0 bridgehead atoms. The fraction of sp³-hybridized carbons (Fsp3) is 0.529. The highest BCUT2D eigenvalue weighted by atomic mass is 16.6. The molecule has 1 heterocycles. The first-order valence-corrected chi connectivity index (χ1v) is 8.02. The van der Waals surface area contributed by atoms with Gasteiger partial charge in [0.25, 0.3) is 0 Å². The topological polar surface area (TPSA) is 61.9 Å². The number of hydrogen-bond acceptors (Lipinski definition) is 4. The van der Waals surface area contributed by atoms with Crippen LogP contribution in [0.2, 0.25) is 0 Å². The van der Waals surface area contributed by atoms with Crippen molar-refractivity contribution >= 4 is 12.0 Å². The van der Waals surface area contributed by atoms with Crippen molar-refractivity contribution in [3.05, 3.63) is 35.9 Å². The summed E-state index contributed by atoms with van der Waals surface area (Å²) < 4.78 is 5.33. The molecule has 2 unspecified atom stereocenters. The molecule has 1 saturated heterocycles. The molecule has 2 aliphatic rings. The number of benzene rings is 1. The monoisotopic (exact) mass is 317 g/mol. The summed E-state index contributed by atoms with van der Waals surface area (Å²) in [4.78, 5) is 28.0. The minimum Gasteiger partial charge on any atom is -0.442 e. The fourth-order valence-corrected chi connectivity index (χ4v) is 2.96. The number of carbonyl (C=O) groups is 2. The molecule has 3 rings (SSSR count). The summed E-state index contributed by atoms with van der Waals surface area (Å²) in [5.41, 5.74) is 0.943. The van der Waals surface area contributed by atoms with Crippen molar-refractivity contribution in [2.24, 2.45) is 0 Å². The number of nitrogens with one attached hydrogen (secondary N) is 1. The number of rotatable bonds is 6. The van der Waals surface area contributed by atoms with Crippen LogP contribution in [0.25, 0.3) is 0 Å². The quantitative estimate of drug-likeness (QED) is 0.861. The maximum Gasteiger partial charge on any atom is 0.410 e. The summed E-state index contributed by atoms with van der Waals surface area (Å²) in [6.45, 7) is 0.923. The third kappa shape index (κ3) is 3.64. The largest absolute Gasteiger partial charge is 0.442 e. The zero-order valence-corrected chi connectivity index (χ0v) is 13.6. The second kappa shape index (κ2) is 6.58. The van der Waals surface area contributed by atoms with Crippen molar-refractivity contribution in [2.45, 2.75) is 31.0 Å². The average molecular weight is 317 g/mol. The molecule has 2 atom stereocenters. The average Bonchev–Trinajstić information content (AvgIpc) is 3.29. The normalized spacial score (nSPS) is 22.1. The smallest absolute Gasteiger partial charge is 0.410 e. The molecule has 0 radical (unpaired) electrons. The van der Waals surface area contributed by atoms with Gasteiger partial charge in [0.2, 0.25) is 5.91 Å². The molecule has 1 aliphatic heterocycles. The van der Waals surface area contributed by atoms with E-state index in [1.807, 2.05) is 49.3 Å². The van der Waals surface area contributed by atoms with Gasteiger partial charge >= 0.3 is 6.09 Å². The second-order valence-corrected chi connectivity index (χ2v) is 6.41. The van der Waals surface area contributed by atoms with Crippen LogP contribution in [0.5, 0.6) is 0 Å². The lowest BCUT2D eigenvalue weighted by Gasteiger charge is -2.24. The van der Waals surface area contributed by atoms with Gasteiger partial charge in [-0.2, -0.15) is 0 Å². The number of carbonyl (C=O) groups excluding carboxylic acids is 2. The Bertz CT molecular complexity index is 572. The lowest BCUT2D eigenvalue weighted by molar-refractivity contribution is -0.126. The summed E-state index contributed by atoms with van der Waals surface area (Å²) in [5.74, 6) is -0.0814. The van der Waals surface area contributed by atoms with Crippen LogP contribution < -0.4 is 5.32 Å². The zero-order chi connectivity index (χ0) is 16.4. The highest BCUT2D eigenvalue weighted by Gasteiger charge is 2.41. The first-order chi connectivity index (χ1) is 11.1. The van der Waals surface area contributed by atoms with Crippen molar-refractivity contribution in [2.75, 3.05) is 27.2 Å². The Hall–Kier alpha value is -2.08. The predicted molar refractivity (Wildman–Crippen MR) is 85.9 cm³/mol. The summed E-state index contributed by atoms with van der Waals surface area (Å²) >= 11 is 0. The summed E-state index contributed by atoms with van der Waals surface area (Å²) in [7, 11) is 3.75. The Morgan fingerprint density at radius 3 is 2.65 bits per heavy atom. The van der Waals surface area contributed by atoms with E-state index in [0.29, 0.717) is 19.1 Å². The van der Waals surface area contributed by atoms with Crippen LogP contribution in [-0.2, 0) is 9.53 Å². The number of amides is 2. The Kier molecular flexibility index (Phi) is 4.52. The van der Waals surface area contributed by atoms with Gasteiger partial charge in [0.15, 0.2) is 0 Å². The molecule has 23 heavy (non-hydrogen) atoms. The van der Waals surface area contributed by atoms with Crippen LogP contribution in [0.1, 0.15) is 24.4 Å². The second-order valence-electron chi connectivity index (χ2n) is 6.41. The standard InChI is InChI=1S/C17H23N3O3/c1-19(2)15(12-6-4-3-5-7-12)16(21)18-10-14-11-20(13-8-9-13)17(22)23-14/h3-7,13-15H,8-11H2,1-2H3,(H,18,21). The number of cyclic esters (lactones) is 1. The molecular weight excluding hydrogens is 294 g/mol. The van der Waals surface area contributed by atoms with E-state index in [1.54, 1.807) is 4.90 Å². The third-order valence-corrected chi connectivity index (χ3v) is 4.27. The van der Waals surface area contributed by atoms with E-state index in [2.05, 4.69) is 5.32 Å². The van der Waals surface area contributed by atoms with Crippen LogP contribution in [0, 0.1) is 0 Å². The SMILES string of the molecule is CN(C)C(C(=O)NCC1CN(C2CC2)C(=O)O1)c1ccccc1. The van der Waals surface area contributed by atoms with E-state index >= 15 is 0 Å². The Morgan fingerprint density at radius 1 is 1.35 bits per heavy atom. The molecule has 1 aromatic carbocycles. The molecule has 124 valence electrons. The van der Waals surface area contributed by atoms with Crippen molar-refractivity contribution in [3.8, 4) is 0 Å². The molecule has 1 aromatic rings. The minimum atomic E-state index is -0.354. The van der Waals surface area contributed by atoms with E-state index in [1.165, 1.54) is 0 Å². The van der Waals surface area contributed by atoms with E-state index in [9.17, 15) is 9.59 Å². The summed E-state index contributed by atoms with van der Waals surface area (Å²) in [6.07, 6.45) is 1.61. The van der Waals surface area contributed by atoms with Gasteiger partial charge in [-0.3, -0.25) is 9.69 Å². The molecule has 0 aromatic heterocycles.